The number of nitrogens with zero attached hydrogens (tertiary/aromatic N) is 6. The Morgan fingerprint density at radius 2 is 1.01 bits per heavy atom. The number of esters is 1. The van der Waals surface area contributed by atoms with E-state index in [-0.39, 0.29) is 43.3 Å². The van der Waals surface area contributed by atoms with E-state index in [1.54, 1.807) is 45.9 Å². The number of amides is 4. The molecule has 15 rings (SSSR count). The van der Waals surface area contributed by atoms with Crippen LogP contribution in [0.25, 0.3) is 11.6 Å². The van der Waals surface area contributed by atoms with Crippen molar-refractivity contribution in [1.82, 2.24) is 35.5 Å². The zero-order valence-electron chi connectivity index (χ0n) is 77.4. The molecule has 0 saturated heterocycles. The highest BCUT2D eigenvalue weighted by Crippen LogP contribution is 2.58. The van der Waals surface area contributed by atoms with E-state index in [1.165, 1.54) is 38.7 Å². The number of hydrogen-bond donors (Lipinski definition) is 7. The number of rotatable bonds is 25. The normalized spacial score (nSPS) is 15.0. The minimum Gasteiger partial charge on any atom is -0.456 e. The van der Waals surface area contributed by atoms with Gasteiger partial charge in [-0.2, -0.15) is 8.42 Å². The molecule has 130 heavy (non-hydrogen) atoms. The van der Waals surface area contributed by atoms with Crippen LogP contribution < -0.4 is 46.4 Å². The summed E-state index contributed by atoms with van der Waals surface area (Å²) < 4.78 is 112. The SMILES string of the molecule is CC(=O)NCc1ccc(C(C)C)cc1.CC(C)c1ccc(CNC(=S)Nc2ccc3c(c2)C(=O)OC32c3ccc(N(C)C)cc3Oc3cc(N(C)C)ccc32)cc1.CC1=CC(C)=[N+]2C1=C(CCC(=O)NCc1ccc(C(C)C)cc1)c1c(C)cc(C)n1[B-]2(F)F.Cc1cc(C)n2c1C=C1C=CC(CCC(=O)NC(CS(=O)(=O)O)C(=O)NCc3ccc(C(C)C)cc3)=[N+]1[B-]2(F)F. The van der Waals surface area contributed by atoms with Crippen molar-refractivity contribution >= 4 is 111 Å². The molecule has 9 aromatic rings. The van der Waals surface area contributed by atoms with Crippen molar-refractivity contribution < 1.29 is 72.7 Å². The molecule has 684 valence electrons. The lowest BCUT2D eigenvalue weighted by Crippen LogP contribution is -2.51. The standard InChI is InChI=1S/C35H36N4O3S.C27H33BF2N4O5S.C26H32BF2N3O.C12H17NO/c1-21(2)23-9-7-22(8-10-23)20-36-34(43)37-24-11-14-28-27(17-24)33(40)42-35(28)29-15-12-25(38(3)4)18-31(29)41-32-19-26(39(5)6)13-16-30(32)35;1-17(2)21-7-5-20(6-8-21)15-31-27(36)24(16-40(37,38)39)32-26(35)12-11-22-9-10-23-14-25-18(3)13-19(4)33(25)28(29,30)34(22)23;1-16(2)22-9-7-21(8-10-22)15-30-24(33)12-11-23-25-17(3)13-19(5)31(25)27(28,29)32-20(6)14-18(4)26(23)32;1-9(2)12-6-4-11(5-7-12)8-13-10(3)14/h7-19,21H,20H2,1-6H3,(H2,36,37,43);5-10,13-14,17,24H,11-12,15-16H2,1-4H3,(H,31,36)(H,32,35)(H,37,38,39);7-10,13-14,16H,11-12,15H2,1-6H3,(H,30,33);4-7,9H,8H2,1-3H3,(H,13,14). The first kappa shape index (κ1) is 96.7. The molecule has 7 aromatic carbocycles. The van der Waals surface area contributed by atoms with E-state index in [0.717, 1.165) is 87.1 Å². The Kier molecular flexibility index (Phi) is 29.7. The number of halogens is 4. The van der Waals surface area contributed by atoms with Gasteiger partial charge < -0.3 is 86.4 Å². The van der Waals surface area contributed by atoms with Crippen molar-refractivity contribution in [2.45, 2.75) is 191 Å². The number of ether oxygens (including phenoxy) is 2. The van der Waals surface area contributed by atoms with Crippen LogP contribution >= 0.6 is 12.2 Å². The molecule has 4 amide bonds. The summed E-state index contributed by atoms with van der Waals surface area (Å²) in [5, 5.41) is 17.6. The number of nitrogens with one attached hydrogen (secondary N) is 6. The minimum absolute atomic E-state index is 0.0120. The third kappa shape index (κ3) is 21.5. The van der Waals surface area contributed by atoms with Crippen LogP contribution in [-0.2, 0) is 65.8 Å². The average Bonchev–Trinajstić information content (AvgIpc) is 1.46. The molecule has 1 atom stereocenters. The molecule has 0 saturated carbocycles. The molecule has 6 aliphatic rings. The number of allylic oxidation sites excluding steroid dienone is 5. The molecule has 22 nitrogen and oxygen atoms in total. The fourth-order valence-electron chi connectivity index (χ4n) is 17.3. The Morgan fingerprint density at radius 3 is 1.50 bits per heavy atom. The number of thiocarbonyl (C=S) groups is 1. The second kappa shape index (κ2) is 39.9. The van der Waals surface area contributed by atoms with Gasteiger partial charge in [0.2, 0.25) is 23.6 Å². The maximum Gasteiger partial charge on any atom is 0.737 e. The fraction of sp³-hybridized carbons (Fsp3) is 0.340. The van der Waals surface area contributed by atoms with Crippen molar-refractivity contribution in [2.24, 2.45) is 0 Å². The van der Waals surface area contributed by atoms with Crippen molar-refractivity contribution in [2.75, 3.05) is 49.1 Å². The zero-order chi connectivity index (χ0) is 94.5. The lowest BCUT2D eigenvalue weighted by atomic mass is 9.77. The summed E-state index contributed by atoms with van der Waals surface area (Å²) in [4.78, 5) is 66.5. The summed E-state index contributed by atoms with van der Waals surface area (Å²) in [5.41, 5.74) is 20.3. The van der Waals surface area contributed by atoms with Gasteiger partial charge in [0.25, 0.3) is 10.1 Å². The fourth-order valence-corrected chi connectivity index (χ4v) is 18.2. The van der Waals surface area contributed by atoms with Crippen LogP contribution in [0.5, 0.6) is 11.5 Å². The summed E-state index contributed by atoms with van der Waals surface area (Å²) in [5.74, 6) is 0.156. The van der Waals surface area contributed by atoms with E-state index in [0.29, 0.717) is 117 Å². The van der Waals surface area contributed by atoms with Crippen LogP contribution in [0.4, 0.5) is 34.3 Å². The molecule has 0 radical (unpaired) electrons. The van der Waals surface area contributed by atoms with E-state index in [2.05, 4.69) is 148 Å². The number of aromatic nitrogens is 2. The van der Waals surface area contributed by atoms with E-state index in [9.17, 15) is 36.9 Å². The lowest BCUT2D eigenvalue weighted by Gasteiger charge is -2.37. The van der Waals surface area contributed by atoms with Crippen molar-refractivity contribution in [1.29, 1.82) is 0 Å². The molecule has 8 heterocycles. The van der Waals surface area contributed by atoms with Gasteiger partial charge in [0.05, 0.1) is 5.56 Å². The summed E-state index contributed by atoms with van der Waals surface area (Å²) in [7, 11) is 3.33. The molecule has 1 spiro atoms. The summed E-state index contributed by atoms with van der Waals surface area (Å²) in [6, 6.07) is 52.3. The molecular weight excluding hydrogens is 1690 g/mol. The molecule has 0 aliphatic carbocycles. The van der Waals surface area contributed by atoms with E-state index in [4.69, 9.17) is 21.7 Å². The Hall–Kier alpha value is -12.4. The van der Waals surface area contributed by atoms with E-state index >= 15 is 17.3 Å². The van der Waals surface area contributed by atoms with Crippen LogP contribution in [0.1, 0.15) is 231 Å². The Bertz CT molecular complexity index is 6130. The third-order valence-corrected chi connectivity index (χ3v) is 25.3. The molecule has 7 N–H and O–H groups in total. The highest BCUT2D eigenvalue weighted by Gasteiger charge is 2.57. The molecule has 2 aromatic heterocycles. The second-order valence-corrected chi connectivity index (χ2v) is 37.7. The third-order valence-electron chi connectivity index (χ3n) is 24.3. The highest BCUT2D eigenvalue weighted by molar-refractivity contribution is 7.85. The van der Waals surface area contributed by atoms with Gasteiger partial charge in [-0.15, -0.1) is 0 Å². The van der Waals surface area contributed by atoms with E-state index < -0.39 is 59.2 Å². The van der Waals surface area contributed by atoms with Gasteiger partial charge in [-0.1, -0.05) is 159 Å². The first-order chi connectivity index (χ1) is 61.3. The van der Waals surface area contributed by atoms with Crippen molar-refractivity contribution in [3.63, 3.8) is 0 Å². The van der Waals surface area contributed by atoms with Gasteiger partial charge in [-0.05, 0) is 192 Å². The van der Waals surface area contributed by atoms with E-state index in [1.807, 2.05) is 155 Å². The van der Waals surface area contributed by atoms with Gasteiger partial charge in [-0.25, -0.2) is 4.79 Å². The molecular formula is C100H118B2F4N12O10S2. The maximum atomic E-state index is 15.6. The van der Waals surface area contributed by atoms with Crippen LogP contribution in [0.2, 0.25) is 0 Å². The summed E-state index contributed by atoms with van der Waals surface area (Å²) in [6.45, 7) is 22.8. The summed E-state index contributed by atoms with van der Waals surface area (Å²) >= 11 is 5.59. The number of benzene rings is 7. The molecule has 0 bridgehead atoms. The number of hydrogen-bond acceptors (Lipinski definition) is 12. The maximum absolute atomic E-state index is 15.6. The Labute approximate surface area is 766 Å². The predicted octanol–water partition coefficient (Wildman–Crippen LogP) is 18.4. The van der Waals surface area contributed by atoms with Gasteiger partial charge >= 0.3 is 19.9 Å². The van der Waals surface area contributed by atoms with Gasteiger partial charge in [0.15, 0.2) is 22.1 Å². The summed E-state index contributed by atoms with van der Waals surface area (Å²) in [6.07, 6.45) is 6.86. The van der Waals surface area contributed by atoms with Crippen molar-refractivity contribution in [3.8, 4) is 11.5 Å². The highest BCUT2D eigenvalue weighted by atomic mass is 32.2. The van der Waals surface area contributed by atoms with Crippen LogP contribution in [0.15, 0.2) is 199 Å². The number of anilines is 3. The average molecular weight is 1810 g/mol. The largest absolute Gasteiger partial charge is 0.737 e. The quantitative estimate of drug-likeness (QED) is 0.00924. The minimum atomic E-state index is -4.61. The van der Waals surface area contributed by atoms with Crippen LogP contribution in [0.3, 0.4) is 0 Å². The van der Waals surface area contributed by atoms with Crippen LogP contribution in [0, 0.1) is 27.7 Å². The monoisotopic (exact) mass is 1810 g/mol. The first-order valence-electron chi connectivity index (χ1n) is 44.0. The smallest absolute Gasteiger partial charge is 0.456 e. The number of carbonyl (C=O) groups excluding carboxylic acids is 5. The number of fused-ring (bicyclic) bond motifs is 10. The van der Waals surface area contributed by atoms with Gasteiger partial charge in [0, 0.05) is 180 Å². The predicted molar refractivity (Wildman–Crippen MR) is 515 cm³/mol. The molecule has 0 fully saturated rings. The topological polar surface area (TPSA) is 253 Å². The van der Waals surface area contributed by atoms with Gasteiger partial charge in [0.1, 0.15) is 34.7 Å². The Morgan fingerprint density at radius 1 is 0.546 bits per heavy atom. The van der Waals surface area contributed by atoms with Gasteiger partial charge in [-0.3, -0.25) is 23.7 Å². The zero-order valence-corrected chi connectivity index (χ0v) is 79.1. The van der Waals surface area contributed by atoms with Crippen molar-refractivity contribution in [3.05, 3.63) is 300 Å². The second-order valence-electron chi connectivity index (χ2n) is 35.8. The van der Waals surface area contributed by atoms with Crippen LogP contribution in [-0.4, -0.2) is 131 Å². The number of aryl methyl sites for hydroxylation is 4. The molecule has 1 unspecified atom stereocenters. The lowest BCUT2D eigenvalue weighted by molar-refractivity contribution is -0.364. The molecule has 6 aliphatic heterocycles. The molecule has 30 heteroatoms. The number of carbonyl (C=O) groups is 5. The first-order valence-corrected chi connectivity index (χ1v) is 46.0. The Balaban J connectivity index is 0.000000165.